The van der Waals surface area contributed by atoms with Crippen LogP contribution < -0.4 is 0 Å². The van der Waals surface area contributed by atoms with E-state index in [1.807, 2.05) is 6.92 Å². The maximum absolute atomic E-state index is 10.4. The molecule has 0 amide bonds. The van der Waals surface area contributed by atoms with E-state index < -0.39 is 5.97 Å². The SMILES string of the molecule is CCC(Cl)CCC(C)C(=O)O. The Morgan fingerprint density at radius 2 is 2.09 bits per heavy atom. The largest absolute Gasteiger partial charge is 0.481 e. The summed E-state index contributed by atoms with van der Waals surface area (Å²) in [6, 6.07) is 0. The lowest BCUT2D eigenvalue weighted by Crippen LogP contribution is -2.11. The summed E-state index contributed by atoms with van der Waals surface area (Å²) in [5.41, 5.74) is 0. The number of hydrogen-bond acceptors (Lipinski definition) is 1. The molecule has 11 heavy (non-hydrogen) atoms. The highest BCUT2D eigenvalue weighted by atomic mass is 35.5. The summed E-state index contributed by atoms with van der Waals surface area (Å²) in [7, 11) is 0. The summed E-state index contributed by atoms with van der Waals surface area (Å²) in [6.45, 7) is 3.71. The molecule has 66 valence electrons. The molecular formula is C8H15ClO2. The molecule has 1 N–H and O–H groups in total. The molecule has 0 aliphatic heterocycles. The molecule has 0 aliphatic rings. The second-order valence-corrected chi connectivity index (χ2v) is 3.44. The Morgan fingerprint density at radius 3 is 2.45 bits per heavy atom. The molecule has 0 saturated heterocycles. The Kier molecular flexibility index (Phi) is 5.30. The van der Waals surface area contributed by atoms with Gasteiger partial charge in [-0.2, -0.15) is 0 Å². The van der Waals surface area contributed by atoms with E-state index in [-0.39, 0.29) is 11.3 Å². The maximum Gasteiger partial charge on any atom is 0.306 e. The van der Waals surface area contributed by atoms with Crippen molar-refractivity contribution in [3.05, 3.63) is 0 Å². The Bertz CT molecular complexity index is 125. The smallest absolute Gasteiger partial charge is 0.306 e. The zero-order chi connectivity index (χ0) is 8.85. The van der Waals surface area contributed by atoms with E-state index in [0.29, 0.717) is 6.42 Å². The van der Waals surface area contributed by atoms with Crippen molar-refractivity contribution >= 4 is 17.6 Å². The van der Waals surface area contributed by atoms with Crippen molar-refractivity contribution in [3.8, 4) is 0 Å². The maximum atomic E-state index is 10.4. The third kappa shape index (κ3) is 5.08. The summed E-state index contributed by atoms with van der Waals surface area (Å²) in [5, 5.41) is 8.66. The predicted molar refractivity (Wildman–Crippen MR) is 46.0 cm³/mol. The number of rotatable bonds is 5. The fourth-order valence-electron chi connectivity index (χ4n) is 0.758. The number of hydrogen-bond donors (Lipinski definition) is 1. The fraction of sp³-hybridized carbons (Fsp3) is 0.875. The van der Waals surface area contributed by atoms with Crippen molar-refractivity contribution in [2.75, 3.05) is 0 Å². The van der Waals surface area contributed by atoms with Gasteiger partial charge in [0, 0.05) is 5.38 Å². The Balaban J connectivity index is 3.45. The summed E-state index contributed by atoms with van der Waals surface area (Å²) >= 11 is 5.82. The minimum atomic E-state index is -0.732. The number of carbonyl (C=O) groups is 1. The minimum absolute atomic E-state index is 0.136. The van der Waals surface area contributed by atoms with Crippen LogP contribution in [0.3, 0.4) is 0 Å². The van der Waals surface area contributed by atoms with E-state index in [1.165, 1.54) is 0 Å². The van der Waals surface area contributed by atoms with Gasteiger partial charge in [0.1, 0.15) is 0 Å². The van der Waals surface area contributed by atoms with Crippen LogP contribution in [0.1, 0.15) is 33.1 Å². The molecule has 0 aromatic rings. The predicted octanol–water partition coefficient (Wildman–Crippen LogP) is 2.50. The lowest BCUT2D eigenvalue weighted by Gasteiger charge is -2.08. The molecular weight excluding hydrogens is 164 g/mol. The summed E-state index contributed by atoms with van der Waals surface area (Å²) in [4.78, 5) is 10.4. The molecule has 3 heteroatoms. The number of halogens is 1. The summed E-state index contributed by atoms with van der Waals surface area (Å²) < 4.78 is 0. The fourth-order valence-corrected chi connectivity index (χ4v) is 0.884. The highest BCUT2D eigenvalue weighted by Crippen LogP contribution is 2.14. The molecule has 2 unspecified atom stereocenters. The molecule has 0 fully saturated rings. The van der Waals surface area contributed by atoms with Gasteiger partial charge in [-0.1, -0.05) is 13.8 Å². The monoisotopic (exact) mass is 178 g/mol. The molecule has 2 nitrogen and oxygen atoms in total. The molecule has 0 rings (SSSR count). The van der Waals surface area contributed by atoms with Gasteiger partial charge in [-0.05, 0) is 19.3 Å². The highest BCUT2D eigenvalue weighted by molar-refractivity contribution is 6.20. The van der Waals surface area contributed by atoms with E-state index in [9.17, 15) is 4.79 Å². The van der Waals surface area contributed by atoms with Crippen molar-refractivity contribution in [2.45, 2.75) is 38.5 Å². The number of carboxylic acids is 1. The van der Waals surface area contributed by atoms with Crippen molar-refractivity contribution in [3.63, 3.8) is 0 Å². The lowest BCUT2D eigenvalue weighted by molar-refractivity contribution is -0.141. The average Bonchev–Trinajstić information content (AvgIpc) is 1.99. The van der Waals surface area contributed by atoms with Gasteiger partial charge in [0.2, 0.25) is 0 Å². The van der Waals surface area contributed by atoms with Crippen LogP contribution in [0.5, 0.6) is 0 Å². The van der Waals surface area contributed by atoms with Crippen molar-refractivity contribution in [1.82, 2.24) is 0 Å². The van der Waals surface area contributed by atoms with E-state index in [1.54, 1.807) is 6.92 Å². The molecule has 2 atom stereocenters. The van der Waals surface area contributed by atoms with Crippen molar-refractivity contribution in [1.29, 1.82) is 0 Å². The van der Waals surface area contributed by atoms with Gasteiger partial charge < -0.3 is 5.11 Å². The third-order valence-corrected chi connectivity index (χ3v) is 2.30. The van der Waals surface area contributed by atoms with Gasteiger partial charge in [0.15, 0.2) is 0 Å². The second kappa shape index (κ2) is 5.42. The molecule has 0 aromatic carbocycles. The summed E-state index contributed by atoms with van der Waals surface area (Å²) in [5.74, 6) is -0.993. The van der Waals surface area contributed by atoms with Crippen LogP contribution in [-0.2, 0) is 4.79 Å². The Morgan fingerprint density at radius 1 is 1.55 bits per heavy atom. The lowest BCUT2D eigenvalue weighted by atomic mass is 10.0. The molecule has 0 heterocycles. The van der Waals surface area contributed by atoms with Gasteiger partial charge in [0.25, 0.3) is 0 Å². The first-order valence-electron chi connectivity index (χ1n) is 3.94. The Hall–Kier alpha value is -0.240. The second-order valence-electron chi connectivity index (χ2n) is 2.82. The minimum Gasteiger partial charge on any atom is -0.481 e. The molecule has 0 spiro atoms. The van der Waals surface area contributed by atoms with Crippen LogP contribution in [0.2, 0.25) is 0 Å². The first kappa shape index (κ1) is 10.8. The van der Waals surface area contributed by atoms with Gasteiger partial charge in [-0.15, -0.1) is 11.6 Å². The number of aliphatic carboxylic acids is 1. The van der Waals surface area contributed by atoms with Gasteiger partial charge in [-0.3, -0.25) is 4.79 Å². The van der Waals surface area contributed by atoms with Crippen molar-refractivity contribution in [2.24, 2.45) is 5.92 Å². The number of carboxylic acid groups (broad SMARTS) is 1. The van der Waals surface area contributed by atoms with Gasteiger partial charge in [0.05, 0.1) is 5.92 Å². The zero-order valence-corrected chi connectivity index (χ0v) is 7.77. The van der Waals surface area contributed by atoms with E-state index >= 15 is 0 Å². The van der Waals surface area contributed by atoms with Gasteiger partial charge >= 0.3 is 5.97 Å². The average molecular weight is 179 g/mol. The molecule has 0 bridgehead atoms. The molecule has 0 aromatic heterocycles. The van der Waals surface area contributed by atoms with Crippen molar-refractivity contribution < 1.29 is 9.90 Å². The van der Waals surface area contributed by atoms with Crippen LogP contribution in [0.15, 0.2) is 0 Å². The molecule has 0 saturated carbocycles. The quantitative estimate of drug-likeness (QED) is 0.657. The number of alkyl halides is 1. The zero-order valence-electron chi connectivity index (χ0n) is 7.01. The van der Waals surface area contributed by atoms with E-state index in [4.69, 9.17) is 16.7 Å². The molecule has 0 aliphatic carbocycles. The van der Waals surface area contributed by atoms with Crippen LogP contribution in [0.4, 0.5) is 0 Å². The summed E-state index contributed by atoms with van der Waals surface area (Å²) in [6.07, 6.45) is 2.39. The third-order valence-electron chi connectivity index (χ3n) is 1.78. The Labute approximate surface area is 72.6 Å². The van der Waals surface area contributed by atoms with Crippen LogP contribution in [0, 0.1) is 5.92 Å². The van der Waals surface area contributed by atoms with E-state index in [2.05, 4.69) is 0 Å². The standard InChI is InChI=1S/C8H15ClO2/c1-3-7(9)5-4-6(2)8(10)11/h6-7H,3-5H2,1-2H3,(H,10,11). The highest BCUT2D eigenvalue weighted by Gasteiger charge is 2.12. The molecule has 0 radical (unpaired) electrons. The normalized spacial score (nSPS) is 15.9. The first-order chi connectivity index (χ1) is 5.07. The van der Waals surface area contributed by atoms with Crippen LogP contribution >= 0.6 is 11.6 Å². The first-order valence-corrected chi connectivity index (χ1v) is 4.38. The van der Waals surface area contributed by atoms with Crippen LogP contribution in [0.25, 0.3) is 0 Å². The van der Waals surface area contributed by atoms with Crippen LogP contribution in [-0.4, -0.2) is 16.5 Å². The van der Waals surface area contributed by atoms with E-state index in [0.717, 1.165) is 12.8 Å². The van der Waals surface area contributed by atoms with Gasteiger partial charge in [-0.25, -0.2) is 0 Å². The topological polar surface area (TPSA) is 37.3 Å².